The highest BCUT2D eigenvalue weighted by Gasteiger charge is 2.15. The predicted molar refractivity (Wildman–Crippen MR) is 86.8 cm³/mol. The minimum Gasteiger partial charge on any atom is -0.310 e. The van der Waals surface area contributed by atoms with Gasteiger partial charge in [0, 0.05) is 21.0 Å². The van der Waals surface area contributed by atoms with Gasteiger partial charge in [-0.3, -0.25) is 0 Å². The Hall–Kier alpha value is -0.710. The zero-order valence-electron chi connectivity index (χ0n) is 11.7. The van der Waals surface area contributed by atoms with Gasteiger partial charge in [0.25, 0.3) is 0 Å². The second-order valence-corrected chi connectivity index (χ2v) is 6.62. The molecule has 0 aliphatic heterocycles. The Kier molecular flexibility index (Phi) is 4.76. The first kappa shape index (κ1) is 14.7. The highest BCUT2D eigenvalue weighted by atomic mass is 79.9. The molecule has 0 spiro atoms. The summed E-state index contributed by atoms with van der Waals surface area (Å²) < 4.78 is 1.11. The van der Waals surface area contributed by atoms with Crippen LogP contribution >= 0.6 is 27.3 Å². The van der Waals surface area contributed by atoms with Crippen molar-refractivity contribution in [3.63, 3.8) is 0 Å². The van der Waals surface area contributed by atoms with E-state index in [2.05, 4.69) is 67.1 Å². The molecule has 4 heteroatoms. The molecule has 0 saturated carbocycles. The summed E-state index contributed by atoms with van der Waals surface area (Å²) in [4.78, 5) is 6.05. The third-order valence-electron chi connectivity index (χ3n) is 3.09. The number of hydrogen-bond acceptors (Lipinski definition) is 3. The standard InChI is InChI=1S/C15H19BrN2S/c1-5-17-10(3)14-11(4)18-15(19-14)12-7-6-9(2)8-13(12)16/h6-8,10,17H,5H2,1-4H3. The Bertz CT molecular complexity index is 578. The van der Waals surface area contributed by atoms with Crippen molar-refractivity contribution >= 4 is 27.3 Å². The van der Waals surface area contributed by atoms with Crippen molar-refractivity contribution in [2.75, 3.05) is 6.54 Å². The third-order valence-corrected chi connectivity index (χ3v) is 5.12. The first-order valence-corrected chi connectivity index (χ1v) is 8.11. The van der Waals surface area contributed by atoms with Crippen molar-refractivity contribution in [1.29, 1.82) is 0 Å². The highest BCUT2D eigenvalue weighted by molar-refractivity contribution is 9.10. The minimum absolute atomic E-state index is 0.362. The molecule has 1 unspecified atom stereocenters. The highest BCUT2D eigenvalue weighted by Crippen LogP contribution is 2.35. The van der Waals surface area contributed by atoms with Crippen LogP contribution < -0.4 is 5.32 Å². The molecule has 0 fully saturated rings. The van der Waals surface area contributed by atoms with Crippen LogP contribution in [0.5, 0.6) is 0 Å². The average molecular weight is 339 g/mol. The van der Waals surface area contributed by atoms with E-state index in [1.54, 1.807) is 11.3 Å². The summed E-state index contributed by atoms with van der Waals surface area (Å²) in [5.41, 5.74) is 3.56. The lowest BCUT2D eigenvalue weighted by Gasteiger charge is -2.10. The summed E-state index contributed by atoms with van der Waals surface area (Å²) in [5.74, 6) is 0. The van der Waals surface area contributed by atoms with E-state index in [1.165, 1.54) is 16.0 Å². The number of aryl methyl sites for hydroxylation is 2. The number of thiazole rings is 1. The van der Waals surface area contributed by atoms with Crippen molar-refractivity contribution in [3.8, 4) is 10.6 Å². The van der Waals surface area contributed by atoms with E-state index in [-0.39, 0.29) is 0 Å². The first-order chi connectivity index (χ1) is 9.02. The molecule has 1 aromatic heterocycles. The lowest BCUT2D eigenvalue weighted by atomic mass is 10.1. The summed E-state index contributed by atoms with van der Waals surface area (Å²) in [6, 6.07) is 6.77. The van der Waals surface area contributed by atoms with Crippen LogP contribution in [-0.4, -0.2) is 11.5 Å². The zero-order chi connectivity index (χ0) is 14.0. The normalized spacial score (nSPS) is 12.7. The van der Waals surface area contributed by atoms with Gasteiger partial charge in [-0.2, -0.15) is 0 Å². The number of nitrogens with one attached hydrogen (secondary N) is 1. The molecule has 0 saturated heterocycles. The number of hydrogen-bond donors (Lipinski definition) is 1. The zero-order valence-corrected chi connectivity index (χ0v) is 14.2. The van der Waals surface area contributed by atoms with Crippen molar-refractivity contribution in [3.05, 3.63) is 38.8 Å². The molecule has 1 N–H and O–H groups in total. The summed E-state index contributed by atoms with van der Waals surface area (Å²) >= 11 is 5.41. The Morgan fingerprint density at radius 1 is 1.37 bits per heavy atom. The van der Waals surface area contributed by atoms with Crippen LogP contribution in [0.3, 0.4) is 0 Å². The minimum atomic E-state index is 0.362. The van der Waals surface area contributed by atoms with Gasteiger partial charge in [0.15, 0.2) is 0 Å². The van der Waals surface area contributed by atoms with Gasteiger partial charge in [-0.15, -0.1) is 11.3 Å². The van der Waals surface area contributed by atoms with E-state index >= 15 is 0 Å². The molecule has 1 atom stereocenters. The SMILES string of the molecule is CCNC(C)c1sc(-c2ccc(C)cc2Br)nc1C. The molecule has 0 bridgehead atoms. The molecule has 0 amide bonds. The number of benzene rings is 1. The Balaban J connectivity index is 2.39. The molecule has 19 heavy (non-hydrogen) atoms. The first-order valence-electron chi connectivity index (χ1n) is 6.50. The van der Waals surface area contributed by atoms with Gasteiger partial charge >= 0.3 is 0 Å². The van der Waals surface area contributed by atoms with Gasteiger partial charge in [-0.25, -0.2) is 4.98 Å². The van der Waals surface area contributed by atoms with Crippen LogP contribution in [0.1, 0.15) is 36.0 Å². The van der Waals surface area contributed by atoms with E-state index in [4.69, 9.17) is 4.98 Å². The van der Waals surface area contributed by atoms with E-state index < -0.39 is 0 Å². The van der Waals surface area contributed by atoms with E-state index in [0.29, 0.717) is 6.04 Å². The van der Waals surface area contributed by atoms with Crippen LogP contribution in [0.4, 0.5) is 0 Å². The van der Waals surface area contributed by atoms with Crippen molar-refractivity contribution < 1.29 is 0 Å². The second-order valence-electron chi connectivity index (χ2n) is 4.73. The van der Waals surface area contributed by atoms with Crippen LogP contribution in [0, 0.1) is 13.8 Å². The number of rotatable bonds is 4. The molecule has 1 heterocycles. The molecule has 2 nitrogen and oxygen atoms in total. The van der Waals surface area contributed by atoms with E-state index in [9.17, 15) is 0 Å². The van der Waals surface area contributed by atoms with Gasteiger partial charge in [0.2, 0.25) is 0 Å². The van der Waals surface area contributed by atoms with E-state index in [1.807, 2.05) is 0 Å². The van der Waals surface area contributed by atoms with Crippen molar-refractivity contribution in [2.45, 2.75) is 33.7 Å². The van der Waals surface area contributed by atoms with Gasteiger partial charge in [-0.1, -0.05) is 35.0 Å². The molecular weight excluding hydrogens is 320 g/mol. The van der Waals surface area contributed by atoms with Crippen LogP contribution in [-0.2, 0) is 0 Å². The summed E-state index contributed by atoms with van der Waals surface area (Å²) in [5, 5.41) is 4.54. The fraction of sp³-hybridized carbons (Fsp3) is 0.400. The van der Waals surface area contributed by atoms with Gasteiger partial charge < -0.3 is 5.32 Å². The number of aromatic nitrogens is 1. The number of nitrogens with zero attached hydrogens (tertiary/aromatic N) is 1. The maximum atomic E-state index is 4.72. The van der Waals surface area contributed by atoms with Gasteiger partial charge in [-0.05, 0) is 38.9 Å². The smallest absolute Gasteiger partial charge is 0.125 e. The summed E-state index contributed by atoms with van der Waals surface area (Å²) in [7, 11) is 0. The Labute approximate surface area is 127 Å². The van der Waals surface area contributed by atoms with Crippen LogP contribution in [0.25, 0.3) is 10.6 Å². The second kappa shape index (κ2) is 6.16. The molecule has 0 radical (unpaired) electrons. The van der Waals surface area contributed by atoms with Gasteiger partial charge in [0.05, 0.1) is 5.69 Å². The lowest BCUT2D eigenvalue weighted by molar-refractivity contribution is 0.603. The van der Waals surface area contributed by atoms with Crippen molar-refractivity contribution in [1.82, 2.24) is 10.3 Å². The molecule has 2 rings (SSSR count). The Morgan fingerprint density at radius 2 is 2.11 bits per heavy atom. The lowest BCUT2D eigenvalue weighted by Crippen LogP contribution is -2.17. The molecule has 102 valence electrons. The molecular formula is C15H19BrN2S. The summed E-state index contributed by atoms with van der Waals surface area (Å²) in [6.45, 7) is 9.48. The maximum absolute atomic E-state index is 4.72. The molecule has 0 aliphatic carbocycles. The fourth-order valence-corrected chi connectivity index (χ4v) is 4.06. The summed E-state index contributed by atoms with van der Waals surface area (Å²) in [6.07, 6.45) is 0. The number of halogens is 1. The van der Waals surface area contributed by atoms with Crippen LogP contribution in [0.2, 0.25) is 0 Å². The third kappa shape index (κ3) is 3.25. The topological polar surface area (TPSA) is 24.9 Å². The largest absolute Gasteiger partial charge is 0.310 e. The fourth-order valence-electron chi connectivity index (χ4n) is 2.12. The monoisotopic (exact) mass is 338 g/mol. The van der Waals surface area contributed by atoms with Crippen LogP contribution in [0.15, 0.2) is 22.7 Å². The maximum Gasteiger partial charge on any atom is 0.125 e. The molecule has 2 aromatic rings. The average Bonchev–Trinajstić information content (AvgIpc) is 2.71. The molecule has 1 aromatic carbocycles. The Morgan fingerprint density at radius 3 is 2.74 bits per heavy atom. The van der Waals surface area contributed by atoms with Gasteiger partial charge in [0.1, 0.15) is 5.01 Å². The van der Waals surface area contributed by atoms with Crippen molar-refractivity contribution in [2.24, 2.45) is 0 Å². The van der Waals surface area contributed by atoms with E-state index in [0.717, 1.165) is 21.7 Å². The predicted octanol–water partition coefficient (Wildman–Crippen LogP) is 4.86. The quantitative estimate of drug-likeness (QED) is 0.860. The molecule has 0 aliphatic rings.